The summed E-state index contributed by atoms with van der Waals surface area (Å²) in [5.74, 6) is 1.80. The van der Waals surface area contributed by atoms with Gasteiger partial charge in [-0.15, -0.1) is 0 Å². The number of nitrogens with zero attached hydrogens (tertiary/aromatic N) is 5. The molecule has 196 valence electrons. The van der Waals surface area contributed by atoms with Gasteiger partial charge in [0.2, 0.25) is 5.91 Å². The number of aromatic nitrogens is 4. The smallest absolute Gasteiger partial charge is 0.412 e. The summed E-state index contributed by atoms with van der Waals surface area (Å²) in [4.78, 5) is 36.0. The maximum atomic E-state index is 13.7. The average molecular weight is 513 g/mol. The van der Waals surface area contributed by atoms with Gasteiger partial charge in [-0.05, 0) is 48.2 Å². The molecule has 2 heterocycles. The number of carbonyl (C=O) groups is 2. The number of anilines is 1. The second-order valence-electron chi connectivity index (χ2n) is 9.59. The van der Waals surface area contributed by atoms with E-state index in [1.54, 1.807) is 18.3 Å². The Morgan fingerprint density at radius 2 is 1.89 bits per heavy atom. The number of hydrogen-bond acceptors (Lipinski definition) is 6. The Morgan fingerprint density at radius 1 is 1.11 bits per heavy atom. The molecule has 0 atom stereocenters. The van der Waals surface area contributed by atoms with Gasteiger partial charge < -0.3 is 9.64 Å². The fraction of sp³-hybridized carbons (Fsp3) is 0.345. The molecule has 4 aromatic rings. The molecular weight excluding hydrogens is 480 g/mol. The van der Waals surface area contributed by atoms with E-state index in [1.165, 1.54) is 7.11 Å². The molecule has 1 fully saturated rings. The number of benzene rings is 2. The highest BCUT2D eigenvalue weighted by atomic mass is 16.5. The van der Waals surface area contributed by atoms with Crippen LogP contribution in [0, 0.1) is 6.92 Å². The van der Waals surface area contributed by atoms with Crippen LogP contribution in [-0.4, -0.2) is 56.3 Å². The number of nitrogens with one attached hydrogen (secondary N) is 1. The van der Waals surface area contributed by atoms with Gasteiger partial charge in [0.1, 0.15) is 11.6 Å². The molecule has 1 saturated carbocycles. The lowest BCUT2D eigenvalue weighted by Crippen LogP contribution is -2.42. The first-order valence-electron chi connectivity index (χ1n) is 13.0. The normalized spacial score (nSPS) is 13.5. The highest BCUT2D eigenvalue weighted by Crippen LogP contribution is 2.26. The zero-order valence-electron chi connectivity index (χ0n) is 21.8. The van der Waals surface area contributed by atoms with E-state index in [0.717, 1.165) is 53.4 Å². The quantitative estimate of drug-likeness (QED) is 0.357. The van der Waals surface area contributed by atoms with E-state index >= 15 is 0 Å². The van der Waals surface area contributed by atoms with E-state index in [1.807, 2.05) is 29.8 Å². The SMILES string of the molecule is COC(=O)Nc1cc(-c2nc(C)n(CCN(C(=O)Cc3cccc4ccccc34)C3CCCC3)n2)ccn1. The minimum absolute atomic E-state index is 0.152. The lowest BCUT2D eigenvalue weighted by atomic mass is 10.0. The third kappa shape index (κ3) is 5.66. The van der Waals surface area contributed by atoms with Crippen molar-refractivity contribution in [2.24, 2.45) is 0 Å². The fourth-order valence-electron chi connectivity index (χ4n) is 5.19. The number of fused-ring (bicyclic) bond motifs is 1. The van der Waals surface area contributed by atoms with Crippen LogP contribution < -0.4 is 5.32 Å². The van der Waals surface area contributed by atoms with Gasteiger partial charge >= 0.3 is 6.09 Å². The minimum atomic E-state index is -0.593. The first-order chi connectivity index (χ1) is 18.5. The Bertz CT molecular complexity index is 1440. The van der Waals surface area contributed by atoms with Crippen molar-refractivity contribution in [1.82, 2.24) is 24.6 Å². The van der Waals surface area contributed by atoms with Crippen LogP contribution in [0.3, 0.4) is 0 Å². The number of methoxy groups -OCH3 is 1. The number of carbonyl (C=O) groups excluding carboxylic acids is 2. The van der Waals surface area contributed by atoms with Crippen LogP contribution in [0.4, 0.5) is 10.6 Å². The van der Waals surface area contributed by atoms with E-state index in [9.17, 15) is 9.59 Å². The van der Waals surface area contributed by atoms with E-state index < -0.39 is 6.09 Å². The van der Waals surface area contributed by atoms with Crippen molar-refractivity contribution in [2.75, 3.05) is 19.0 Å². The predicted octanol–water partition coefficient (Wildman–Crippen LogP) is 4.99. The number of aryl methyl sites for hydroxylation is 1. The molecule has 0 radical (unpaired) electrons. The number of pyridine rings is 1. The molecule has 2 aromatic carbocycles. The zero-order chi connectivity index (χ0) is 26.5. The van der Waals surface area contributed by atoms with Crippen molar-refractivity contribution in [2.45, 2.75) is 51.6 Å². The molecule has 1 N–H and O–H groups in total. The van der Waals surface area contributed by atoms with E-state index in [4.69, 9.17) is 5.10 Å². The van der Waals surface area contributed by atoms with Gasteiger partial charge in [-0.2, -0.15) is 5.10 Å². The maximum Gasteiger partial charge on any atom is 0.412 e. The summed E-state index contributed by atoms with van der Waals surface area (Å²) in [7, 11) is 1.30. The highest BCUT2D eigenvalue weighted by molar-refractivity contribution is 5.90. The predicted molar refractivity (Wildman–Crippen MR) is 146 cm³/mol. The Kier molecular flexibility index (Phi) is 7.62. The average Bonchev–Trinajstić information content (AvgIpc) is 3.59. The van der Waals surface area contributed by atoms with E-state index in [2.05, 4.69) is 49.2 Å². The second-order valence-corrected chi connectivity index (χ2v) is 9.59. The number of hydrogen-bond donors (Lipinski definition) is 1. The summed E-state index contributed by atoms with van der Waals surface area (Å²) in [5.41, 5.74) is 1.79. The van der Waals surface area contributed by atoms with Gasteiger partial charge in [0.15, 0.2) is 5.82 Å². The fourth-order valence-corrected chi connectivity index (χ4v) is 5.19. The van der Waals surface area contributed by atoms with Crippen LogP contribution in [0.2, 0.25) is 0 Å². The molecule has 38 heavy (non-hydrogen) atoms. The van der Waals surface area contributed by atoms with Crippen molar-refractivity contribution in [3.8, 4) is 11.4 Å². The number of amides is 2. The van der Waals surface area contributed by atoms with Crippen LogP contribution in [0.1, 0.15) is 37.1 Å². The van der Waals surface area contributed by atoms with Crippen LogP contribution in [-0.2, 0) is 22.5 Å². The van der Waals surface area contributed by atoms with E-state index in [0.29, 0.717) is 31.2 Å². The molecule has 1 aliphatic carbocycles. The lowest BCUT2D eigenvalue weighted by Gasteiger charge is -2.29. The highest BCUT2D eigenvalue weighted by Gasteiger charge is 2.27. The molecule has 1 aliphatic rings. The molecule has 9 nitrogen and oxygen atoms in total. The third-order valence-electron chi connectivity index (χ3n) is 7.15. The van der Waals surface area contributed by atoms with Crippen molar-refractivity contribution < 1.29 is 14.3 Å². The van der Waals surface area contributed by atoms with Gasteiger partial charge in [0.05, 0.1) is 20.1 Å². The maximum absolute atomic E-state index is 13.7. The van der Waals surface area contributed by atoms with Gasteiger partial charge in [0.25, 0.3) is 0 Å². The Labute approximate surface area is 221 Å². The molecule has 2 amide bonds. The van der Waals surface area contributed by atoms with Crippen molar-refractivity contribution in [3.05, 3.63) is 72.2 Å². The standard InChI is InChI=1S/C29H32N6O3/c1-20-31-28(23-14-15-30-26(18-23)32-29(37)38-2)33-35(20)17-16-34(24-11-4-5-12-24)27(36)19-22-10-7-9-21-8-3-6-13-25(21)22/h3,6-10,13-15,18,24H,4-5,11-12,16-17,19H2,1-2H3,(H,30,32,37). The molecule has 0 bridgehead atoms. The summed E-state index contributed by atoms with van der Waals surface area (Å²) < 4.78 is 6.48. The Balaban J connectivity index is 1.32. The molecular formula is C29H32N6O3. The zero-order valence-corrected chi connectivity index (χ0v) is 21.8. The van der Waals surface area contributed by atoms with Gasteiger partial charge in [-0.1, -0.05) is 55.3 Å². The molecule has 5 rings (SSSR count). The summed E-state index contributed by atoms with van der Waals surface area (Å²) >= 11 is 0. The lowest BCUT2D eigenvalue weighted by molar-refractivity contribution is -0.132. The van der Waals surface area contributed by atoms with Gasteiger partial charge in [-0.3, -0.25) is 10.1 Å². The van der Waals surface area contributed by atoms with Gasteiger partial charge in [0, 0.05) is 24.3 Å². The van der Waals surface area contributed by atoms with Crippen LogP contribution in [0.25, 0.3) is 22.2 Å². The first-order valence-corrected chi connectivity index (χ1v) is 13.0. The van der Waals surface area contributed by atoms with Crippen LogP contribution in [0.5, 0.6) is 0 Å². The topological polar surface area (TPSA) is 102 Å². The molecule has 9 heteroatoms. The van der Waals surface area contributed by atoms with Crippen molar-refractivity contribution >= 4 is 28.6 Å². The minimum Gasteiger partial charge on any atom is -0.453 e. The second kappa shape index (κ2) is 11.4. The molecule has 2 aromatic heterocycles. The number of ether oxygens (including phenoxy) is 1. The third-order valence-corrected chi connectivity index (χ3v) is 7.15. The summed E-state index contributed by atoms with van der Waals surface area (Å²) in [6.07, 6.45) is 5.76. The Hall–Kier alpha value is -4.27. The van der Waals surface area contributed by atoms with Crippen molar-refractivity contribution in [1.29, 1.82) is 0 Å². The van der Waals surface area contributed by atoms with Crippen LogP contribution in [0.15, 0.2) is 60.8 Å². The molecule has 0 saturated heterocycles. The largest absolute Gasteiger partial charge is 0.453 e. The van der Waals surface area contributed by atoms with Crippen LogP contribution >= 0.6 is 0 Å². The summed E-state index contributed by atoms with van der Waals surface area (Å²) in [5, 5.41) is 9.54. The summed E-state index contributed by atoms with van der Waals surface area (Å²) in [6.45, 7) is 3.03. The molecule has 0 aliphatic heterocycles. The number of rotatable bonds is 8. The van der Waals surface area contributed by atoms with Crippen molar-refractivity contribution in [3.63, 3.8) is 0 Å². The summed E-state index contributed by atoms with van der Waals surface area (Å²) in [6, 6.07) is 18.1. The Morgan fingerprint density at radius 3 is 2.71 bits per heavy atom. The van der Waals surface area contributed by atoms with E-state index in [-0.39, 0.29) is 11.9 Å². The molecule has 0 spiro atoms. The molecule has 0 unspecified atom stereocenters. The monoisotopic (exact) mass is 512 g/mol. The first kappa shape index (κ1) is 25.4. The van der Waals surface area contributed by atoms with Gasteiger partial charge in [-0.25, -0.2) is 19.4 Å².